The molecule has 2 aliphatic rings. The molecule has 0 saturated carbocycles. The van der Waals surface area contributed by atoms with Crippen LogP contribution in [0.4, 0.5) is 0 Å². The second kappa shape index (κ2) is 8.14. The maximum absolute atomic E-state index is 13.5. The molecular formula is C23H35N3O. The van der Waals surface area contributed by atoms with Crippen molar-refractivity contribution in [1.82, 2.24) is 9.80 Å². The molecule has 0 aliphatic carbocycles. The van der Waals surface area contributed by atoms with Crippen molar-refractivity contribution in [2.24, 2.45) is 4.99 Å². The third kappa shape index (κ3) is 3.69. The van der Waals surface area contributed by atoms with Gasteiger partial charge in [0.25, 0.3) is 5.91 Å². The molecule has 0 N–H and O–H groups in total. The number of piperidine rings is 1. The smallest absolute Gasteiger partial charge is 0.260 e. The van der Waals surface area contributed by atoms with Gasteiger partial charge in [-0.15, -0.1) is 0 Å². The summed E-state index contributed by atoms with van der Waals surface area (Å²) in [6.45, 7) is 12.9. The van der Waals surface area contributed by atoms with Gasteiger partial charge >= 0.3 is 0 Å². The highest BCUT2D eigenvalue weighted by atomic mass is 16.2. The summed E-state index contributed by atoms with van der Waals surface area (Å²) < 4.78 is 0. The largest absolute Gasteiger partial charge is 0.356 e. The minimum absolute atomic E-state index is 0.0572. The summed E-state index contributed by atoms with van der Waals surface area (Å²) in [5.74, 6) is 0.961. The fourth-order valence-electron chi connectivity index (χ4n) is 5.17. The number of nitrogens with zero attached hydrogens (tertiary/aromatic N) is 3. The van der Waals surface area contributed by atoms with Gasteiger partial charge in [-0.1, -0.05) is 30.3 Å². The fourth-order valence-corrected chi connectivity index (χ4v) is 5.17. The Labute approximate surface area is 164 Å². The van der Waals surface area contributed by atoms with Crippen molar-refractivity contribution >= 4 is 11.7 Å². The molecule has 4 heteroatoms. The van der Waals surface area contributed by atoms with E-state index < -0.39 is 5.41 Å². The Balaban J connectivity index is 2.04. The number of carbonyl (C=O) groups excluding carboxylic acids is 1. The van der Waals surface area contributed by atoms with E-state index in [-0.39, 0.29) is 11.9 Å². The van der Waals surface area contributed by atoms with E-state index in [2.05, 4.69) is 66.8 Å². The van der Waals surface area contributed by atoms with Gasteiger partial charge in [0, 0.05) is 31.2 Å². The lowest BCUT2D eigenvalue weighted by Gasteiger charge is -2.51. The van der Waals surface area contributed by atoms with Gasteiger partial charge in [-0.05, 0) is 65.9 Å². The second-order valence-electron chi connectivity index (χ2n) is 8.68. The molecule has 148 valence electrons. The molecule has 3 rings (SSSR count). The van der Waals surface area contributed by atoms with Gasteiger partial charge in [-0.3, -0.25) is 9.69 Å². The Bertz CT molecular complexity index is 674. The maximum Gasteiger partial charge on any atom is 0.260 e. The predicted molar refractivity (Wildman–Crippen MR) is 112 cm³/mol. The summed E-state index contributed by atoms with van der Waals surface area (Å²) in [4.78, 5) is 23.0. The molecule has 1 saturated heterocycles. The highest BCUT2D eigenvalue weighted by Gasteiger charge is 2.52. The van der Waals surface area contributed by atoms with Crippen molar-refractivity contribution in [3.05, 3.63) is 35.9 Å². The Morgan fingerprint density at radius 2 is 1.81 bits per heavy atom. The third-order valence-electron chi connectivity index (χ3n) is 6.51. The monoisotopic (exact) mass is 369 g/mol. The summed E-state index contributed by atoms with van der Waals surface area (Å²) in [7, 11) is 0. The first-order valence-electron chi connectivity index (χ1n) is 10.6. The summed E-state index contributed by atoms with van der Waals surface area (Å²) in [6, 6.07) is 11.6. The molecule has 2 heterocycles. The first kappa shape index (κ1) is 20.1. The van der Waals surface area contributed by atoms with Gasteiger partial charge in [0.1, 0.15) is 5.84 Å². The first-order valence-corrected chi connectivity index (χ1v) is 10.6. The number of hydrogen-bond donors (Lipinski definition) is 0. The van der Waals surface area contributed by atoms with Gasteiger partial charge in [0.15, 0.2) is 0 Å². The zero-order valence-corrected chi connectivity index (χ0v) is 17.6. The van der Waals surface area contributed by atoms with E-state index >= 15 is 0 Å². The Kier molecular flexibility index (Phi) is 6.05. The van der Waals surface area contributed by atoms with Crippen molar-refractivity contribution in [1.29, 1.82) is 0 Å². The number of amides is 1. The SMILES string of the molecule is CC1=NC(=O)[C@](CCN(C(C)C)C(C)C)(c2ccccc2)[C@@H]2CCCCN12. The summed E-state index contributed by atoms with van der Waals surface area (Å²) >= 11 is 0. The van der Waals surface area contributed by atoms with Crippen LogP contribution in [0.3, 0.4) is 0 Å². The van der Waals surface area contributed by atoms with Crippen molar-refractivity contribution < 1.29 is 4.79 Å². The molecule has 1 fully saturated rings. The molecule has 0 bridgehead atoms. The molecule has 4 nitrogen and oxygen atoms in total. The van der Waals surface area contributed by atoms with Crippen molar-refractivity contribution in [3.8, 4) is 0 Å². The highest BCUT2D eigenvalue weighted by molar-refractivity contribution is 6.02. The Hall–Kier alpha value is -1.68. The molecule has 0 unspecified atom stereocenters. The van der Waals surface area contributed by atoms with Crippen LogP contribution < -0.4 is 0 Å². The van der Waals surface area contributed by atoms with E-state index in [9.17, 15) is 4.79 Å². The number of amidine groups is 1. The van der Waals surface area contributed by atoms with Crippen LogP contribution in [0.15, 0.2) is 35.3 Å². The average Bonchev–Trinajstić information content (AvgIpc) is 2.64. The van der Waals surface area contributed by atoms with E-state index in [1.165, 1.54) is 12.8 Å². The number of aliphatic imine (C=N–C) groups is 1. The Morgan fingerprint density at radius 1 is 1.15 bits per heavy atom. The standard InChI is InChI=1S/C23H35N3O/c1-17(2)25(18(3)4)16-14-23(20-11-7-6-8-12-20)21-13-9-10-15-26(21)19(5)24-22(23)27/h6-8,11-12,17-18,21H,9-10,13-16H2,1-5H3/t21-,23+/m0/s1. The van der Waals surface area contributed by atoms with Crippen LogP contribution in [0.1, 0.15) is 65.9 Å². The third-order valence-corrected chi connectivity index (χ3v) is 6.51. The number of benzene rings is 1. The van der Waals surface area contributed by atoms with Crippen LogP contribution in [-0.4, -0.2) is 52.8 Å². The summed E-state index contributed by atoms with van der Waals surface area (Å²) in [6.07, 6.45) is 4.27. The minimum atomic E-state index is -0.538. The van der Waals surface area contributed by atoms with Crippen molar-refractivity contribution in [3.63, 3.8) is 0 Å². The van der Waals surface area contributed by atoms with Crippen molar-refractivity contribution in [2.75, 3.05) is 13.1 Å². The predicted octanol–water partition coefficient (Wildman–Crippen LogP) is 4.25. The lowest BCUT2D eigenvalue weighted by atomic mass is 9.66. The van der Waals surface area contributed by atoms with Crippen LogP contribution in [0, 0.1) is 0 Å². The van der Waals surface area contributed by atoms with Crippen LogP contribution in [-0.2, 0) is 10.2 Å². The lowest BCUT2D eigenvalue weighted by molar-refractivity contribution is -0.128. The molecule has 2 atom stereocenters. The van der Waals surface area contributed by atoms with E-state index in [1.807, 2.05) is 13.0 Å². The molecule has 0 aromatic heterocycles. The van der Waals surface area contributed by atoms with Gasteiger partial charge in [0.05, 0.1) is 5.41 Å². The van der Waals surface area contributed by atoms with E-state index in [0.717, 1.165) is 37.3 Å². The summed E-state index contributed by atoms with van der Waals surface area (Å²) in [5.41, 5.74) is 0.596. The number of carbonyl (C=O) groups is 1. The zero-order valence-electron chi connectivity index (χ0n) is 17.6. The number of fused-ring (bicyclic) bond motifs is 1. The van der Waals surface area contributed by atoms with E-state index in [0.29, 0.717) is 12.1 Å². The molecule has 27 heavy (non-hydrogen) atoms. The molecule has 2 aliphatic heterocycles. The van der Waals surface area contributed by atoms with Crippen molar-refractivity contribution in [2.45, 2.75) is 83.8 Å². The highest BCUT2D eigenvalue weighted by Crippen LogP contribution is 2.43. The molecule has 0 radical (unpaired) electrons. The number of hydrogen-bond acceptors (Lipinski definition) is 3. The number of rotatable bonds is 6. The van der Waals surface area contributed by atoms with Gasteiger partial charge in [-0.2, -0.15) is 4.99 Å². The molecule has 1 amide bonds. The second-order valence-corrected chi connectivity index (χ2v) is 8.68. The van der Waals surface area contributed by atoms with Crippen LogP contribution in [0.5, 0.6) is 0 Å². The topological polar surface area (TPSA) is 35.9 Å². The van der Waals surface area contributed by atoms with Crippen LogP contribution in [0.2, 0.25) is 0 Å². The van der Waals surface area contributed by atoms with Crippen LogP contribution in [0.25, 0.3) is 0 Å². The molecular weight excluding hydrogens is 334 g/mol. The van der Waals surface area contributed by atoms with Gasteiger partial charge in [-0.25, -0.2) is 0 Å². The molecule has 1 aromatic rings. The molecule has 1 aromatic carbocycles. The Morgan fingerprint density at radius 3 is 2.44 bits per heavy atom. The van der Waals surface area contributed by atoms with Gasteiger partial charge in [0.2, 0.25) is 0 Å². The zero-order chi connectivity index (χ0) is 19.6. The fraction of sp³-hybridized carbons (Fsp3) is 0.652. The van der Waals surface area contributed by atoms with Crippen LogP contribution >= 0.6 is 0 Å². The normalized spacial score (nSPS) is 25.9. The first-order chi connectivity index (χ1) is 12.9. The quantitative estimate of drug-likeness (QED) is 0.752. The lowest BCUT2D eigenvalue weighted by Crippen LogP contribution is -2.62. The molecule has 0 spiro atoms. The van der Waals surface area contributed by atoms with E-state index in [4.69, 9.17) is 0 Å². The average molecular weight is 370 g/mol. The van der Waals surface area contributed by atoms with E-state index in [1.54, 1.807) is 0 Å². The minimum Gasteiger partial charge on any atom is -0.356 e. The maximum atomic E-state index is 13.5. The summed E-state index contributed by atoms with van der Waals surface area (Å²) in [5, 5.41) is 0. The van der Waals surface area contributed by atoms with Gasteiger partial charge < -0.3 is 4.90 Å².